The molecule has 9 heteroatoms. The maximum atomic E-state index is 11.6. The second-order valence-corrected chi connectivity index (χ2v) is 9.52. The van der Waals surface area contributed by atoms with Crippen molar-refractivity contribution < 1.29 is 9.53 Å². The van der Waals surface area contributed by atoms with E-state index in [9.17, 15) is 4.79 Å². The second-order valence-electron chi connectivity index (χ2n) is 9.52. The minimum Gasteiger partial charge on any atom is -0.479 e. The lowest BCUT2D eigenvalue weighted by Crippen LogP contribution is -2.59. The van der Waals surface area contributed by atoms with E-state index in [1.54, 1.807) is 26.4 Å². The van der Waals surface area contributed by atoms with Gasteiger partial charge in [-0.3, -0.25) is 14.8 Å². The van der Waals surface area contributed by atoms with Crippen molar-refractivity contribution in [3.63, 3.8) is 0 Å². The summed E-state index contributed by atoms with van der Waals surface area (Å²) in [5.41, 5.74) is 4.82. The Morgan fingerprint density at radius 3 is 2.62 bits per heavy atom. The van der Waals surface area contributed by atoms with Crippen LogP contribution in [-0.2, 0) is 4.79 Å². The summed E-state index contributed by atoms with van der Waals surface area (Å²) in [6, 6.07) is 8.36. The van der Waals surface area contributed by atoms with E-state index < -0.39 is 0 Å². The number of benzene rings is 1. The molecule has 0 bridgehead atoms. The van der Waals surface area contributed by atoms with Crippen molar-refractivity contribution in [3.05, 3.63) is 42.9 Å². The van der Waals surface area contributed by atoms with Gasteiger partial charge in [0.1, 0.15) is 5.52 Å². The van der Waals surface area contributed by atoms with Crippen LogP contribution in [0, 0.1) is 5.41 Å². The summed E-state index contributed by atoms with van der Waals surface area (Å²) in [6.07, 6.45) is 9.65. The van der Waals surface area contributed by atoms with E-state index in [-0.39, 0.29) is 5.91 Å². The molecule has 34 heavy (non-hydrogen) atoms. The van der Waals surface area contributed by atoms with E-state index in [1.807, 2.05) is 39.9 Å². The molecule has 1 saturated heterocycles. The van der Waals surface area contributed by atoms with Crippen LogP contribution >= 0.6 is 0 Å². The lowest BCUT2D eigenvalue weighted by atomic mass is 9.67. The van der Waals surface area contributed by atoms with Crippen molar-refractivity contribution in [2.75, 3.05) is 25.5 Å². The Balaban J connectivity index is 1.23. The van der Waals surface area contributed by atoms with Crippen LogP contribution in [0.5, 0.6) is 5.88 Å². The topological polar surface area (TPSA) is 97.5 Å². The second kappa shape index (κ2) is 7.93. The first-order valence-corrected chi connectivity index (χ1v) is 11.7. The van der Waals surface area contributed by atoms with E-state index in [1.165, 1.54) is 0 Å². The molecule has 4 heterocycles. The number of ether oxygens (including phenoxy) is 1. The molecule has 1 aliphatic carbocycles. The molecule has 0 radical (unpaired) electrons. The average molecular weight is 458 g/mol. The van der Waals surface area contributed by atoms with Gasteiger partial charge >= 0.3 is 0 Å². The number of anilines is 1. The van der Waals surface area contributed by atoms with Gasteiger partial charge < -0.3 is 15.0 Å². The van der Waals surface area contributed by atoms with Crippen molar-refractivity contribution in [3.8, 4) is 17.0 Å². The number of hydrogen-bond acceptors (Lipinski definition) is 7. The number of amides is 1. The summed E-state index contributed by atoms with van der Waals surface area (Å²) in [7, 11) is 1.64. The van der Waals surface area contributed by atoms with Crippen molar-refractivity contribution in [2.24, 2.45) is 5.41 Å². The summed E-state index contributed by atoms with van der Waals surface area (Å²) in [5, 5.41) is 8.24. The summed E-state index contributed by atoms with van der Waals surface area (Å²) in [4.78, 5) is 27.0. The first-order valence-electron chi connectivity index (χ1n) is 11.7. The number of rotatable bonds is 4. The fourth-order valence-corrected chi connectivity index (χ4v) is 5.42. The van der Waals surface area contributed by atoms with Gasteiger partial charge in [0.05, 0.1) is 18.1 Å². The van der Waals surface area contributed by atoms with Crippen LogP contribution in [-0.4, -0.2) is 61.6 Å². The molecule has 9 nitrogen and oxygen atoms in total. The average Bonchev–Trinajstić information content (AvgIpc) is 3.26. The molecule has 1 spiro atoms. The van der Waals surface area contributed by atoms with E-state index in [4.69, 9.17) is 14.8 Å². The molecule has 1 amide bonds. The Kier molecular flexibility index (Phi) is 4.86. The molecule has 0 atom stereocenters. The molecule has 174 valence electrons. The summed E-state index contributed by atoms with van der Waals surface area (Å²) in [5.74, 6) is 1.28. The molecule has 2 aliphatic rings. The van der Waals surface area contributed by atoms with Gasteiger partial charge in [-0.1, -0.05) is 6.07 Å². The Morgan fingerprint density at radius 1 is 1.12 bits per heavy atom. The van der Waals surface area contributed by atoms with Gasteiger partial charge in [-0.15, -0.1) is 5.10 Å². The largest absolute Gasteiger partial charge is 0.479 e. The van der Waals surface area contributed by atoms with Crippen molar-refractivity contribution in [2.45, 2.75) is 38.6 Å². The summed E-state index contributed by atoms with van der Waals surface area (Å²) >= 11 is 0. The zero-order chi connectivity index (χ0) is 23.3. The van der Waals surface area contributed by atoms with Crippen LogP contribution < -0.4 is 10.1 Å². The molecule has 1 aliphatic heterocycles. The van der Waals surface area contributed by atoms with Crippen LogP contribution in [0.2, 0.25) is 0 Å². The Morgan fingerprint density at radius 2 is 1.88 bits per heavy atom. The van der Waals surface area contributed by atoms with Gasteiger partial charge in [0.25, 0.3) is 0 Å². The van der Waals surface area contributed by atoms with E-state index in [0.29, 0.717) is 23.3 Å². The monoisotopic (exact) mass is 457 g/mol. The number of nitrogens with one attached hydrogen (secondary N) is 1. The zero-order valence-electron chi connectivity index (χ0n) is 19.4. The van der Waals surface area contributed by atoms with Gasteiger partial charge in [0.15, 0.2) is 0 Å². The lowest BCUT2D eigenvalue weighted by Gasteiger charge is -2.53. The highest BCUT2D eigenvalue weighted by Gasteiger charge is 2.46. The van der Waals surface area contributed by atoms with E-state index in [0.717, 1.165) is 66.4 Å². The van der Waals surface area contributed by atoms with Crippen molar-refractivity contribution >= 4 is 28.4 Å². The van der Waals surface area contributed by atoms with Gasteiger partial charge in [0, 0.05) is 55.6 Å². The maximum Gasteiger partial charge on any atom is 0.244 e. The number of likely N-dealkylation sites (tertiary alicyclic amines) is 1. The first kappa shape index (κ1) is 20.8. The first-order chi connectivity index (χ1) is 16.5. The van der Waals surface area contributed by atoms with Gasteiger partial charge in [0.2, 0.25) is 17.7 Å². The zero-order valence-corrected chi connectivity index (χ0v) is 19.4. The summed E-state index contributed by atoms with van der Waals surface area (Å²) < 4.78 is 7.51. The summed E-state index contributed by atoms with van der Waals surface area (Å²) in [6.45, 7) is 3.46. The van der Waals surface area contributed by atoms with Crippen LogP contribution in [0.4, 0.5) is 5.95 Å². The number of carbonyl (C=O) groups is 1. The fourth-order valence-electron chi connectivity index (χ4n) is 5.42. The number of methoxy groups -OCH3 is 1. The Hall–Kier alpha value is -3.75. The molecule has 1 N–H and O–H groups in total. The van der Waals surface area contributed by atoms with Gasteiger partial charge in [-0.2, -0.15) is 4.98 Å². The predicted octanol–water partition coefficient (Wildman–Crippen LogP) is 3.55. The lowest BCUT2D eigenvalue weighted by molar-refractivity contribution is -0.143. The third kappa shape index (κ3) is 3.52. The van der Waals surface area contributed by atoms with Crippen molar-refractivity contribution in [1.82, 2.24) is 29.5 Å². The third-order valence-electron chi connectivity index (χ3n) is 7.33. The third-order valence-corrected chi connectivity index (χ3v) is 7.33. The highest BCUT2D eigenvalue weighted by molar-refractivity contribution is 5.89. The molecular formula is C25H27N7O2. The SMILES string of the molecule is COc1nc(NC2CCC3(CC2)CN(C(C)=O)C3)nn2ccc(-c3ccc4nccnc4c3)c12. The quantitative estimate of drug-likeness (QED) is 0.500. The highest BCUT2D eigenvalue weighted by Crippen LogP contribution is 2.44. The molecule has 1 aromatic carbocycles. The molecule has 2 fully saturated rings. The Labute approximate surface area is 197 Å². The number of hydrogen-bond donors (Lipinski definition) is 1. The maximum absolute atomic E-state index is 11.6. The molecule has 6 rings (SSSR count). The number of fused-ring (bicyclic) bond motifs is 2. The van der Waals surface area contributed by atoms with Gasteiger partial charge in [-0.05, 0) is 49.4 Å². The number of nitrogens with zero attached hydrogens (tertiary/aromatic N) is 6. The van der Waals surface area contributed by atoms with Crippen molar-refractivity contribution in [1.29, 1.82) is 0 Å². The standard InChI is InChI=1S/C25H27N7O2/c1-16(33)31-14-25(15-31)8-5-18(6-9-25)28-24-29-23(34-2)22-19(7-12-32(22)30-24)17-3-4-20-21(13-17)27-11-10-26-20/h3-4,7,10-13,18H,5-6,8-9,14-15H2,1-2H3,(H,28,30). The number of carbonyl (C=O) groups excluding carboxylic acids is 1. The van der Waals surface area contributed by atoms with E-state index >= 15 is 0 Å². The molecular weight excluding hydrogens is 430 g/mol. The highest BCUT2D eigenvalue weighted by atomic mass is 16.5. The minimum absolute atomic E-state index is 0.183. The normalized spacial score (nSPS) is 17.8. The molecule has 4 aromatic rings. The van der Waals surface area contributed by atoms with Gasteiger partial charge in [-0.25, -0.2) is 4.52 Å². The van der Waals surface area contributed by atoms with Crippen LogP contribution in [0.3, 0.4) is 0 Å². The Bertz CT molecular complexity index is 1380. The van der Waals surface area contributed by atoms with E-state index in [2.05, 4.69) is 15.3 Å². The predicted molar refractivity (Wildman–Crippen MR) is 129 cm³/mol. The van der Waals surface area contributed by atoms with Crippen LogP contribution in [0.1, 0.15) is 32.6 Å². The fraction of sp³-hybridized carbons (Fsp3) is 0.400. The molecule has 1 saturated carbocycles. The van der Waals surface area contributed by atoms with Crippen LogP contribution in [0.15, 0.2) is 42.9 Å². The molecule has 3 aromatic heterocycles. The smallest absolute Gasteiger partial charge is 0.244 e. The minimum atomic E-state index is 0.183. The van der Waals surface area contributed by atoms with Crippen LogP contribution in [0.25, 0.3) is 27.7 Å². The molecule has 0 unspecified atom stereocenters. The number of aromatic nitrogens is 5.